The minimum Gasteiger partial charge on any atom is -0.475 e. The van der Waals surface area contributed by atoms with Crippen molar-refractivity contribution in [2.24, 2.45) is 7.05 Å². The zero-order chi connectivity index (χ0) is 25.0. The maximum atomic E-state index is 13.5. The van der Waals surface area contributed by atoms with E-state index in [1.807, 2.05) is 33.2 Å². The number of carbonyl (C=O) groups is 1. The second-order valence-electron chi connectivity index (χ2n) is 9.47. The summed E-state index contributed by atoms with van der Waals surface area (Å²) >= 11 is 6.57. The van der Waals surface area contributed by atoms with Crippen LogP contribution in [0.5, 0.6) is 5.88 Å². The molecule has 3 aliphatic rings. The van der Waals surface area contributed by atoms with Crippen molar-refractivity contribution in [3.8, 4) is 17.1 Å². The lowest BCUT2D eigenvalue weighted by Crippen LogP contribution is -2.56. The number of amides is 2. The lowest BCUT2D eigenvalue weighted by molar-refractivity contribution is -0.141. The standard InChI is InChI=1S/C24H26ClN7O4/c1-24(2)35-13-16(36-24)12-34-19-8-15(4-6-26-19)28-23(33)32-20-5-7-31(20)18-9-17(25)21(29-22(18)32)14-10-27-30(3)11-14/h4,6,8-11,16,20H,5,7,12-13H2,1-3H3,(H,26,28,33)/t16-,20+/m1/s1. The van der Waals surface area contributed by atoms with Gasteiger partial charge in [-0.25, -0.2) is 14.8 Å². The molecule has 11 nitrogen and oxygen atoms in total. The van der Waals surface area contributed by atoms with Crippen LogP contribution in [0.25, 0.3) is 11.3 Å². The molecule has 3 aromatic rings. The van der Waals surface area contributed by atoms with Gasteiger partial charge in [0.05, 0.1) is 29.2 Å². The summed E-state index contributed by atoms with van der Waals surface area (Å²) in [5, 5.41) is 7.70. The summed E-state index contributed by atoms with van der Waals surface area (Å²) in [6.45, 7) is 5.32. The molecule has 0 aromatic carbocycles. The average Bonchev–Trinajstić information content (AvgIpc) is 3.45. The number of aryl methyl sites for hydroxylation is 1. The Bertz CT molecular complexity index is 1330. The van der Waals surface area contributed by atoms with E-state index in [0.29, 0.717) is 41.3 Å². The lowest BCUT2D eigenvalue weighted by Gasteiger charge is -2.39. The zero-order valence-corrected chi connectivity index (χ0v) is 20.9. The molecule has 2 saturated heterocycles. The molecular weight excluding hydrogens is 486 g/mol. The van der Waals surface area contributed by atoms with Crippen molar-refractivity contribution in [2.75, 3.05) is 34.9 Å². The Kier molecular flexibility index (Phi) is 5.51. The number of fused-ring (bicyclic) bond motifs is 3. The van der Waals surface area contributed by atoms with Gasteiger partial charge in [-0.1, -0.05) is 11.6 Å². The first-order valence-electron chi connectivity index (χ1n) is 11.7. The van der Waals surface area contributed by atoms with Crippen molar-refractivity contribution in [3.63, 3.8) is 0 Å². The third kappa shape index (κ3) is 4.12. The van der Waals surface area contributed by atoms with Gasteiger partial charge < -0.3 is 24.4 Å². The number of carbonyl (C=O) groups excluding carboxylic acids is 1. The van der Waals surface area contributed by atoms with Gasteiger partial charge >= 0.3 is 6.03 Å². The molecule has 2 fully saturated rings. The van der Waals surface area contributed by atoms with Gasteiger partial charge in [0, 0.05) is 49.7 Å². The van der Waals surface area contributed by atoms with Crippen molar-refractivity contribution < 1.29 is 19.0 Å². The molecule has 0 bridgehead atoms. The molecule has 0 unspecified atom stereocenters. The van der Waals surface area contributed by atoms with Crippen LogP contribution in [0.4, 0.5) is 22.0 Å². The number of pyridine rings is 2. The van der Waals surface area contributed by atoms with Gasteiger partial charge in [-0.15, -0.1) is 0 Å². The van der Waals surface area contributed by atoms with Crippen LogP contribution in [0.3, 0.4) is 0 Å². The topological polar surface area (TPSA) is 107 Å². The summed E-state index contributed by atoms with van der Waals surface area (Å²) in [4.78, 5) is 26.3. The van der Waals surface area contributed by atoms with E-state index in [-0.39, 0.29) is 18.3 Å². The van der Waals surface area contributed by atoms with Crippen molar-refractivity contribution >= 4 is 34.8 Å². The molecule has 2 atom stereocenters. The first-order chi connectivity index (χ1) is 17.3. The molecule has 188 valence electrons. The Hall–Kier alpha value is -3.41. The highest BCUT2D eigenvalue weighted by molar-refractivity contribution is 6.33. The van der Waals surface area contributed by atoms with Gasteiger partial charge in [-0.3, -0.25) is 9.58 Å². The summed E-state index contributed by atoms with van der Waals surface area (Å²) < 4.78 is 18.8. The van der Waals surface area contributed by atoms with E-state index >= 15 is 0 Å². The van der Waals surface area contributed by atoms with Gasteiger partial charge in [0.25, 0.3) is 0 Å². The SMILES string of the molecule is Cn1cc(-c2nc3c(cc2Cl)N2CC[C@@H]2N3C(=O)Nc2ccnc(OC[C@@H]3COC(C)(C)O3)c2)cn1. The normalized spacial score (nSPS) is 21.7. The van der Waals surface area contributed by atoms with Crippen LogP contribution in [0.15, 0.2) is 36.8 Å². The molecular formula is C24H26ClN7O4. The Morgan fingerprint density at radius 2 is 2.22 bits per heavy atom. The fourth-order valence-corrected chi connectivity index (χ4v) is 4.93. The van der Waals surface area contributed by atoms with Crippen LogP contribution in [-0.2, 0) is 16.5 Å². The Morgan fingerprint density at radius 3 is 2.92 bits per heavy atom. The van der Waals surface area contributed by atoms with Crippen LogP contribution < -0.4 is 19.9 Å². The number of aromatic nitrogens is 4. The molecule has 0 radical (unpaired) electrons. The monoisotopic (exact) mass is 511 g/mol. The van der Waals surface area contributed by atoms with Crippen molar-refractivity contribution in [1.29, 1.82) is 0 Å². The summed E-state index contributed by atoms with van der Waals surface area (Å²) in [7, 11) is 1.83. The van der Waals surface area contributed by atoms with Crippen LogP contribution >= 0.6 is 11.6 Å². The predicted octanol–water partition coefficient (Wildman–Crippen LogP) is 3.65. The first-order valence-corrected chi connectivity index (χ1v) is 12.1. The molecule has 0 saturated carbocycles. The number of hydrogen-bond donors (Lipinski definition) is 1. The second kappa shape index (κ2) is 8.61. The number of rotatable bonds is 5. The number of halogens is 1. The second-order valence-corrected chi connectivity index (χ2v) is 9.88. The summed E-state index contributed by atoms with van der Waals surface area (Å²) in [5.74, 6) is 0.343. The van der Waals surface area contributed by atoms with E-state index in [1.165, 1.54) is 0 Å². The number of ether oxygens (including phenoxy) is 3. The number of nitrogens with one attached hydrogen (secondary N) is 1. The number of nitrogens with zero attached hydrogens (tertiary/aromatic N) is 6. The van der Waals surface area contributed by atoms with E-state index in [0.717, 1.165) is 24.2 Å². The van der Waals surface area contributed by atoms with Crippen LogP contribution in [0.1, 0.15) is 20.3 Å². The van der Waals surface area contributed by atoms with E-state index in [9.17, 15) is 4.79 Å². The van der Waals surface area contributed by atoms with Crippen molar-refractivity contribution in [3.05, 3.63) is 41.8 Å². The highest BCUT2D eigenvalue weighted by Gasteiger charge is 2.46. The minimum atomic E-state index is -0.617. The van der Waals surface area contributed by atoms with Gasteiger partial charge in [0.15, 0.2) is 11.6 Å². The fourth-order valence-electron chi connectivity index (χ4n) is 4.67. The third-order valence-electron chi connectivity index (χ3n) is 6.43. The molecule has 3 aromatic heterocycles. The highest BCUT2D eigenvalue weighted by atomic mass is 35.5. The van der Waals surface area contributed by atoms with Gasteiger partial charge in [-0.2, -0.15) is 5.10 Å². The molecule has 12 heteroatoms. The molecule has 0 spiro atoms. The van der Waals surface area contributed by atoms with Crippen molar-refractivity contribution in [1.82, 2.24) is 19.7 Å². The molecule has 6 heterocycles. The quantitative estimate of drug-likeness (QED) is 0.553. The lowest BCUT2D eigenvalue weighted by atomic mass is 10.1. The molecule has 36 heavy (non-hydrogen) atoms. The third-order valence-corrected chi connectivity index (χ3v) is 6.72. The van der Waals surface area contributed by atoms with Gasteiger partial charge in [0.1, 0.15) is 18.9 Å². The van der Waals surface area contributed by atoms with Crippen LogP contribution in [0.2, 0.25) is 5.02 Å². The first kappa shape index (κ1) is 23.0. The molecule has 2 amide bonds. The predicted molar refractivity (Wildman–Crippen MR) is 133 cm³/mol. The fraction of sp³-hybridized carbons (Fsp3) is 0.417. The molecule has 6 rings (SSSR count). The Morgan fingerprint density at radius 1 is 1.36 bits per heavy atom. The van der Waals surface area contributed by atoms with E-state index in [1.54, 1.807) is 34.1 Å². The summed E-state index contributed by atoms with van der Waals surface area (Å²) in [6, 6.07) is 4.99. The molecule has 1 N–H and O–H groups in total. The highest BCUT2D eigenvalue weighted by Crippen LogP contribution is 2.47. The van der Waals surface area contributed by atoms with E-state index in [4.69, 9.17) is 30.8 Å². The zero-order valence-electron chi connectivity index (χ0n) is 20.1. The van der Waals surface area contributed by atoms with E-state index in [2.05, 4.69) is 20.3 Å². The number of hydrogen-bond acceptors (Lipinski definition) is 8. The summed E-state index contributed by atoms with van der Waals surface area (Å²) in [6.07, 6.45) is 5.70. The smallest absolute Gasteiger partial charge is 0.329 e. The summed E-state index contributed by atoms with van der Waals surface area (Å²) in [5.41, 5.74) is 2.79. The molecule has 3 aliphatic heterocycles. The number of anilines is 3. The van der Waals surface area contributed by atoms with Crippen LogP contribution in [-0.4, -0.2) is 63.6 Å². The number of urea groups is 1. The Balaban J connectivity index is 1.20. The molecule has 0 aliphatic carbocycles. The van der Waals surface area contributed by atoms with E-state index < -0.39 is 5.79 Å². The minimum absolute atomic E-state index is 0.104. The van der Waals surface area contributed by atoms with Crippen molar-refractivity contribution in [2.45, 2.75) is 38.3 Å². The largest absolute Gasteiger partial charge is 0.475 e. The van der Waals surface area contributed by atoms with Gasteiger partial charge in [0.2, 0.25) is 5.88 Å². The average molecular weight is 512 g/mol. The maximum Gasteiger partial charge on any atom is 0.329 e. The maximum absolute atomic E-state index is 13.5. The van der Waals surface area contributed by atoms with Crippen LogP contribution in [0, 0.1) is 0 Å². The Labute approximate surface area is 212 Å². The van der Waals surface area contributed by atoms with Gasteiger partial charge in [-0.05, 0) is 26.0 Å².